The fraction of sp³-hybridized carbons (Fsp3) is 0.333. The first-order valence-corrected chi connectivity index (χ1v) is 10.3. The van der Waals surface area contributed by atoms with Gasteiger partial charge in [0, 0.05) is 11.6 Å². The highest BCUT2D eigenvalue weighted by molar-refractivity contribution is 7.89. The summed E-state index contributed by atoms with van der Waals surface area (Å²) in [5, 5.41) is 32.7. The maximum Gasteiger partial charge on any atom is 0.240 e. The highest BCUT2D eigenvalue weighted by atomic mass is 35.5. The van der Waals surface area contributed by atoms with Gasteiger partial charge in [-0.25, -0.2) is 13.1 Å². The van der Waals surface area contributed by atoms with Gasteiger partial charge in [0.05, 0.1) is 18.0 Å². The van der Waals surface area contributed by atoms with Crippen LogP contribution in [0.3, 0.4) is 0 Å². The molecule has 0 aliphatic heterocycles. The minimum atomic E-state index is -3.91. The van der Waals surface area contributed by atoms with Crippen molar-refractivity contribution in [1.29, 1.82) is 0 Å². The number of halogens is 1. The lowest BCUT2D eigenvalue weighted by atomic mass is 10.2. The Morgan fingerprint density at radius 1 is 1.11 bits per heavy atom. The highest BCUT2D eigenvalue weighted by Gasteiger charge is 2.29. The number of nitrogens with one attached hydrogen (secondary N) is 2. The zero-order valence-corrected chi connectivity index (χ0v) is 16.5. The predicted molar refractivity (Wildman–Crippen MR) is 105 cm³/mol. The number of ether oxygens (including phenoxy) is 1. The molecule has 28 heavy (non-hydrogen) atoms. The van der Waals surface area contributed by atoms with Gasteiger partial charge in [0.25, 0.3) is 0 Å². The molecule has 0 radical (unpaired) electrons. The van der Waals surface area contributed by atoms with Crippen LogP contribution in [0, 0.1) is 0 Å². The Morgan fingerprint density at radius 3 is 2.36 bits per heavy atom. The molecule has 5 N–H and O–H groups in total. The van der Waals surface area contributed by atoms with Gasteiger partial charge in [-0.3, -0.25) is 5.32 Å². The first-order valence-electron chi connectivity index (χ1n) is 8.43. The average Bonchev–Trinajstić information content (AvgIpc) is 2.70. The van der Waals surface area contributed by atoms with Crippen molar-refractivity contribution in [3.8, 4) is 5.75 Å². The van der Waals surface area contributed by atoms with E-state index in [1.807, 2.05) is 6.07 Å². The van der Waals surface area contributed by atoms with Gasteiger partial charge < -0.3 is 20.1 Å². The van der Waals surface area contributed by atoms with Crippen LogP contribution >= 0.6 is 11.6 Å². The molecule has 0 aliphatic rings. The van der Waals surface area contributed by atoms with Gasteiger partial charge >= 0.3 is 0 Å². The molecule has 2 atom stereocenters. The van der Waals surface area contributed by atoms with E-state index in [9.17, 15) is 23.7 Å². The zero-order valence-electron chi connectivity index (χ0n) is 15.0. The lowest BCUT2D eigenvalue weighted by Crippen LogP contribution is -2.58. The molecule has 8 nitrogen and oxygen atoms in total. The summed E-state index contributed by atoms with van der Waals surface area (Å²) in [6.07, 6.45) is -0.994. The summed E-state index contributed by atoms with van der Waals surface area (Å²) in [5.74, 6) is 0.578. The van der Waals surface area contributed by atoms with Crippen LogP contribution in [0.5, 0.6) is 5.75 Å². The number of sulfonamides is 1. The lowest BCUT2D eigenvalue weighted by molar-refractivity contribution is -0.0470. The third kappa shape index (κ3) is 7.02. The monoisotopic (exact) mass is 430 g/mol. The van der Waals surface area contributed by atoms with Crippen molar-refractivity contribution < 1.29 is 28.5 Å². The summed E-state index contributed by atoms with van der Waals surface area (Å²) in [6.45, 7) is -1.47. The largest absolute Gasteiger partial charge is 0.491 e. The number of aliphatic hydroxyl groups is 3. The number of hydrogen-bond acceptors (Lipinski definition) is 7. The van der Waals surface area contributed by atoms with E-state index in [0.29, 0.717) is 10.8 Å². The summed E-state index contributed by atoms with van der Waals surface area (Å²) in [5.41, 5.74) is -1.97. The van der Waals surface area contributed by atoms with Crippen molar-refractivity contribution in [1.82, 2.24) is 10.0 Å². The Morgan fingerprint density at radius 2 is 1.75 bits per heavy atom. The molecule has 0 unspecified atom stereocenters. The number of aliphatic hydroxyl groups excluding tert-OH is 2. The molecule has 0 aliphatic carbocycles. The number of hydrogen-bond donors (Lipinski definition) is 5. The molecule has 0 fully saturated rings. The molecule has 10 heteroatoms. The Hall–Kier alpha value is -1.72. The average molecular weight is 431 g/mol. The molecule has 154 valence electrons. The van der Waals surface area contributed by atoms with Crippen LogP contribution in [0.4, 0.5) is 0 Å². The topological polar surface area (TPSA) is 128 Å². The molecule has 0 saturated heterocycles. The van der Waals surface area contributed by atoms with E-state index in [4.69, 9.17) is 16.3 Å². The second kappa shape index (κ2) is 10.2. The minimum absolute atomic E-state index is 0.0338. The molecule has 2 aromatic rings. The molecular weight excluding hydrogens is 408 g/mol. The van der Waals surface area contributed by atoms with Crippen LogP contribution in [0.2, 0.25) is 5.02 Å². The summed E-state index contributed by atoms with van der Waals surface area (Å²) < 4.78 is 32.1. The molecule has 0 saturated carbocycles. The lowest BCUT2D eigenvalue weighted by Gasteiger charge is -2.28. The SMILES string of the molecule is O=S(=O)(NC[C@](O)(CO)NC[C@H](O)COc1ccccc1)c1ccc(Cl)cc1. The van der Waals surface area contributed by atoms with Crippen LogP contribution in [0.25, 0.3) is 0 Å². The molecule has 0 amide bonds. The van der Waals surface area contributed by atoms with Crippen molar-refractivity contribution in [3.05, 3.63) is 59.6 Å². The van der Waals surface area contributed by atoms with Crippen LogP contribution in [0.15, 0.2) is 59.5 Å². The fourth-order valence-corrected chi connectivity index (χ4v) is 3.38. The van der Waals surface area contributed by atoms with Gasteiger partial charge in [0.15, 0.2) is 5.72 Å². The summed E-state index contributed by atoms with van der Waals surface area (Å²) in [6, 6.07) is 14.4. The van der Waals surface area contributed by atoms with E-state index in [1.165, 1.54) is 24.3 Å². The Balaban J connectivity index is 1.85. The highest BCUT2D eigenvalue weighted by Crippen LogP contribution is 2.14. The second-order valence-corrected chi connectivity index (χ2v) is 8.33. The smallest absolute Gasteiger partial charge is 0.240 e. The molecule has 2 rings (SSSR count). The van der Waals surface area contributed by atoms with Gasteiger partial charge in [-0.1, -0.05) is 29.8 Å². The van der Waals surface area contributed by atoms with Gasteiger partial charge in [-0.15, -0.1) is 0 Å². The van der Waals surface area contributed by atoms with Gasteiger partial charge in [0.1, 0.15) is 18.5 Å². The summed E-state index contributed by atoms with van der Waals surface area (Å²) in [4.78, 5) is -0.0338. The molecule has 0 bridgehead atoms. The van der Waals surface area contributed by atoms with Crippen LogP contribution in [-0.4, -0.2) is 61.9 Å². The molecular formula is C18H23ClN2O6S. The third-order valence-corrected chi connectivity index (χ3v) is 5.46. The van der Waals surface area contributed by atoms with Crippen molar-refractivity contribution in [2.45, 2.75) is 16.7 Å². The first-order chi connectivity index (χ1) is 13.2. The van der Waals surface area contributed by atoms with E-state index >= 15 is 0 Å². The van der Waals surface area contributed by atoms with Crippen molar-refractivity contribution in [2.24, 2.45) is 0 Å². The molecule has 0 aromatic heterocycles. The van der Waals surface area contributed by atoms with Crippen LogP contribution in [-0.2, 0) is 10.0 Å². The Kier molecular flexibility index (Phi) is 8.20. The zero-order chi connectivity index (χ0) is 20.6. The first kappa shape index (κ1) is 22.6. The quantitative estimate of drug-likeness (QED) is 0.325. The van der Waals surface area contributed by atoms with E-state index in [0.717, 1.165) is 0 Å². The van der Waals surface area contributed by atoms with Gasteiger partial charge in [-0.2, -0.15) is 0 Å². The number of rotatable bonds is 11. The molecule has 0 spiro atoms. The van der Waals surface area contributed by atoms with Gasteiger partial charge in [0.2, 0.25) is 10.0 Å². The normalized spacial score (nSPS) is 15.0. The van der Waals surface area contributed by atoms with Crippen molar-refractivity contribution in [2.75, 3.05) is 26.3 Å². The third-order valence-electron chi connectivity index (χ3n) is 3.79. The molecule has 2 aromatic carbocycles. The Bertz CT molecular complexity index is 835. The van der Waals surface area contributed by atoms with Crippen LogP contribution in [0.1, 0.15) is 0 Å². The second-order valence-electron chi connectivity index (χ2n) is 6.13. The van der Waals surface area contributed by atoms with E-state index in [1.54, 1.807) is 24.3 Å². The van der Waals surface area contributed by atoms with Crippen molar-refractivity contribution in [3.63, 3.8) is 0 Å². The van der Waals surface area contributed by atoms with Crippen LogP contribution < -0.4 is 14.8 Å². The summed E-state index contributed by atoms with van der Waals surface area (Å²) >= 11 is 5.74. The maximum atomic E-state index is 12.3. The number of benzene rings is 2. The van der Waals surface area contributed by atoms with E-state index < -0.39 is 35.0 Å². The minimum Gasteiger partial charge on any atom is -0.491 e. The summed E-state index contributed by atoms with van der Waals surface area (Å²) in [7, 11) is -3.91. The molecule has 0 heterocycles. The maximum absolute atomic E-state index is 12.3. The fourth-order valence-electron chi connectivity index (χ4n) is 2.16. The van der Waals surface area contributed by atoms with Crippen molar-refractivity contribution >= 4 is 21.6 Å². The predicted octanol–water partition coefficient (Wildman–Crippen LogP) is 0.329. The van der Waals surface area contributed by atoms with E-state index in [2.05, 4.69) is 10.0 Å². The standard InChI is InChI=1S/C18H23ClN2O6S/c19-14-6-8-17(9-7-14)28(25,26)21-12-18(24,13-22)20-10-15(23)11-27-16-4-2-1-3-5-16/h1-9,15,20-24H,10-13H2/t15-,18-/m0/s1. The number of para-hydroxylation sites is 1. The van der Waals surface area contributed by atoms with E-state index in [-0.39, 0.29) is 18.0 Å². The van der Waals surface area contributed by atoms with Gasteiger partial charge in [-0.05, 0) is 36.4 Å². The Labute approximate surface area is 168 Å².